The molecule has 0 atom stereocenters. The summed E-state index contributed by atoms with van der Waals surface area (Å²) in [6.45, 7) is 2.03. The van der Waals surface area contributed by atoms with Gasteiger partial charge in [-0.25, -0.2) is 14.4 Å². The van der Waals surface area contributed by atoms with Crippen molar-refractivity contribution in [1.82, 2.24) is 24.7 Å². The molecule has 130 valence electrons. The van der Waals surface area contributed by atoms with Crippen molar-refractivity contribution in [1.29, 1.82) is 0 Å². The summed E-state index contributed by atoms with van der Waals surface area (Å²) < 4.78 is 21.7. The van der Waals surface area contributed by atoms with Gasteiger partial charge in [0.05, 0.1) is 10.7 Å². The van der Waals surface area contributed by atoms with Crippen LogP contribution in [0.3, 0.4) is 0 Å². The summed E-state index contributed by atoms with van der Waals surface area (Å²) in [4.78, 5) is 7.91. The van der Waals surface area contributed by atoms with Gasteiger partial charge >= 0.3 is 0 Å². The monoisotopic (exact) mass is 379 g/mol. The van der Waals surface area contributed by atoms with Crippen molar-refractivity contribution < 1.29 is 9.13 Å². The van der Waals surface area contributed by atoms with E-state index >= 15 is 0 Å². The second-order valence-electron chi connectivity index (χ2n) is 5.07. The Hall–Kier alpha value is -2.19. The molecule has 0 amide bonds. The van der Waals surface area contributed by atoms with E-state index in [1.54, 1.807) is 23.7 Å². The number of aromatic nitrogens is 5. The Morgan fingerprint density at radius 1 is 1.24 bits per heavy atom. The molecule has 0 aliphatic carbocycles. The lowest BCUT2D eigenvalue weighted by Gasteiger charge is -2.08. The van der Waals surface area contributed by atoms with Gasteiger partial charge in [0.15, 0.2) is 16.8 Å². The van der Waals surface area contributed by atoms with Crippen LogP contribution in [0.25, 0.3) is 0 Å². The van der Waals surface area contributed by atoms with Crippen LogP contribution in [-0.4, -0.2) is 24.7 Å². The number of nitrogens with zero attached hydrogens (tertiary/aromatic N) is 5. The predicted octanol–water partition coefficient (Wildman–Crippen LogP) is 3.69. The second kappa shape index (κ2) is 7.79. The minimum atomic E-state index is -0.424. The van der Waals surface area contributed by atoms with Crippen LogP contribution in [-0.2, 0) is 20.1 Å². The highest BCUT2D eigenvalue weighted by molar-refractivity contribution is 7.99. The average Bonchev–Trinajstić information content (AvgIpc) is 2.96. The summed E-state index contributed by atoms with van der Waals surface area (Å²) in [5.41, 5.74) is 0.377. The Bertz CT molecular complexity index is 889. The van der Waals surface area contributed by atoms with Crippen molar-refractivity contribution in [3.8, 4) is 5.75 Å². The predicted molar refractivity (Wildman–Crippen MR) is 92.3 cm³/mol. The van der Waals surface area contributed by atoms with Crippen LogP contribution < -0.4 is 4.74 Å². The first-order valence-corrected chi connectivity index (χ1v) is 8.72. The van der Waals surface area contributed by atoms with Crippen LogP contribution in [0, 0.1) is 5.82 Å². The summed E-state index contributed by atoms with van der Waals surface area (Å²) in [6, 6.07) is 7.18. The summed E-state index contributed by atoms with van der Waals surface area (Å²) in [7, 11) is 1.79. The van der Waals surface area contributed by atoms with E-state index in [1.165, 1.54) is 6.33 Å². The molecule has 1 aromatic carbocycles. The molecule has 0 saturated heterocycles. The molecule has 0 spiro atoms. The van der Waals surface area contributed by atoms with Crippen molar-refractivity contribution in [2.75, 3.05) is 0 Å². The quantitative estimate of drug-likeness (QED) is 0.608. The molecule has 0 aliphatic heterocycles. The van der Waals surface area contributed by atoms with Gasteiger partial charge in [0, 0.05) is 7.05 Å². The van der Waals surface area contributed by atoms with Crippen molar-refractivity contribution in [3.63, 3.8) is 0 Å². The van der Waals surface area contributed by atoms with E-state index in [9.17, 15) is 4.39 Å². The number of benzene rings is 1. The molecular weight excluding hydrogens is 365 g/mol. The van der Waals surface area contributed by atoms with E-state index in [0.717, 1.165) is 11.8 Å². The normalized spacial score (nSPS) is 10.9. The standard InChI is InChI=1S/C16H15ClFN5OS/c1-3-11-14(18)15(20-9-19-11)25-16-22-21-13(23(16)2)8-24-12-7-5-4-6-10(12)17/h4-7,9H,3,8H2,1-2H3. The van der Waals surface area contributed by atoms with E-state index in [4.69, 9.17) is 16.3 Å². The molecule has 0 radical (unpaired) electrons. The highest BCUT2D eigenvalue weighted by atomic mass is 35.5. The van der Waals surface area contributed by atoms with E-state index in [2.05, 4.69) is 20.2 Å². The van der Waals surface area contributed by atoms with Crippen LogP contribution in [0.15, 0.2) is 40.8 Å². The number of aryl methyl sites for hydroxylation is 1. The van der Waals surface area contributed by atoms with Gasteiger partial charge in [-0.2, -0.15) is 0 Å². The molecule has 0 saturated carbocycles. The molecule has 25 heavy (non-hydrogen) atoms. The first kappa shape index (κ1) is 17.6. The fourth-order valence-corrected chi connectivity index (χ4v) is 3.05. The summed E-state index contributed by atoms with van der Waals surface area (Å²) >= 11 is 7.16. The van der Waals surface area contributed by atoms with Crippen molar-refractivity contribution in [2.45, 2.75) is 30.1 Å². The van der Waals surface area contributed by atoms with E-state index in [0.29, 0.717) is 33.9 Å². The fourth-order valence-electron chi connectivity index (χ4n) is 2.06. The molecule has 9 heteroatoms. The van der Waals surface area contributed by atoms with Crippen molar-refractivity contribution in [2.24, 2.45) is 7.05 Å². The Kier molecular flexibility index (Phi) is 5.50. The maximum atomic E-state index is 14.3. The van der Waals surface area contributed by atoms with Gasteiger partial charge in [0.25, 0.3) is 0 Å². The van der Waals surface area contributed by atoms with Crippen molar-refractivity contribution in [3.05, 3.63) is 53.0 Å². The fraction of sp³-hybridized carbons (Fsp3) is 0.250. The smallest absolute Gasteiger partial charge is 0.197 e. The Balaban J connectivity index is 1.74. The van der Waals surface area contributed by atoms with Gasteiger partial charge < -0.3 is 9.30 Å². The van der Waals surface area contributed by atoms with Gasteiger partial charge in [-0.1, -0.05) is 30.7 Å². The average molecular weight is 380 g/mol. The van der Waals surface area contributed by atoms with Crippen LogP contribution in [0.4, 0.5) is 4.39 Å². The maximum absolute atomic E-state index is 14.3. The maximum Gasteiger partial charge on any atom is 0.197 e. The third-order valence-corrected chi connectivity index (χ3v) is 4.80. The number of ether oxygens (including phenoxy) is 1. The molecule has 0 bridgehead atoms. The Morgan fingerprint density at radius 2 is 2.04 bits per heavy atom. The number of hydrogen-bond acceptors (Lipinski definition) is 6. The Labute approximate surface area is 153 Å². The van der Waals surface area contributed by atoms with E-state index in [-0.39, 0.29) is 11.6 Å². The summed E-state index contributed by atoms with van der Waals surface area (Å²) in [6.07, 6.45) is 1.85. The highest BCUT2D eigenvalue weighted by Crippen LogP contribution is 2.28. The molecule has 0 N–H and O–H groups in total. The third kappa shape index (κ3) is 3.91. The first-order chi connectivity index (χ1) is 12.1. The highest BCUT2D eigenvalue weighted by Gasteiger charge is 2.16. The summed E-state index contributed by atoms with van der Waals surface area (Å²) in [5.74, 6) is 0.732. The van der Waals surface area contributed by atoms with Crippen molar-refractivity contribution >= 4 is 23.4 Å². The molecule has 0 unspecified atom stereocenters. The zero-order valence-corrected chi connectivity index (χ0v) is 15.2. The van der Waals surface area contributed by atoms with Gasteiger partial charge in [-0.05, 0) is 30.3 Å². The lowest BCUT2D eigenvalue weighted by Crippen LogP contribution is -2.05. The van der Waals surface area contributed by atoms with E-state index < -0.39 is 5.82 Å². The molecule has 2 aromatic heterocycles. The lowest BCUT2D eigenvalue weighted by molar-refractivity contribution is 0.290. The molecule has 0 aliphatic rings. The Morgan fingerprint density at radius 3 is 2.80 bits per heavy atom. The molecule has 0 fully saturated rings. The van der Waals surface area contributed by atoms with Crippen LogP contribution in [0.2, 0.25) is 5.02 Å². The van der Waals surface area contributed by atoms with Gasteiger partial charge in [-0.15, -0.1) is 10.2 Å². The SMILES string of the molecule is CCc1ncnc(Sc2nnc(COc3ccccc3Cl)n2C)c1F. The minimum absolute atomic E-state index is 0.195. The zero-order valence-electron chi connectivity index (χ0n) is 13.6. The van der Waals surface area contributed by atoms with Crippen LogP contribution >= 0.6 is 23.4 Å². The van der Waals surface area contributed by atoms with E-state index in [1.807, 2.05) is 19.1 Å². The molecule has 6 nitrogen and oxygen atoms in total. The summed E-state index contributed by atoms with van der Waals surface area (Å²) in [5, 5.41) is 9.42. The minimum Gasteiger partial charge on any atom is -0.484 e. The van der Waals surface area contributed by atoms with Gasteiger partial charge in [-0.3, -0.25) is 0 Å². The molecular formula is C16H15ClFN5OS. The third-order valence-electron chi connectivity index (χ3n) is 3.47. The van der Waals surface area contributed by atoms with Crippen LogP contribution in [0.1, 0.15) is 18.4 Å². The second-order valence-corrected chi connectivity index (χ2v) is 6.44. The van der Waals surface area contributed by atoms with Gasteiger partial charge in [0.1, 0.15) is 23.7 Å². The van der Waals surface area contributed by atoms with Gasteiger partial charge in [0.2, 0.25) is 0 Å². The van der Waals surface area contributed by atoms with Crippen LogP contribution in [0.5, 0.6) is 5.75 Å². The number of para-hydroxylation sites is 1. The first-order valence-electron chi connectivity index (χ1n) is 7.53. The topological polar surface area (TPSA) is 65.7 Å². The molecule has 3 rings (SSSR count). The lowest BCUT2D eigenvalue weighted by atomic mass is 10.3. The molecule has 3 aromatic rings. The zero-order chi connectivity index (χ0) is 17.8. The largest absolute Gasteiger partial charge is 0.484 e. The number of hydrogen-bond donors (Lipinski definition) is 0. The molecule has 2 heterocycles. The number of rotatable bonds is 6. The number of halogens is 2.